The smallest absolute Gasteiger partial charge is 0.230 e. The van der Waals surface area contributed by atoms with E-state index in [0.29, 0.717) is 12.3 Å². The largest absolute Gasteiger partial charge is 0.497 e. The lowest BCUT2D eigenvalue weighted by atomic mass is 10.1. The highest BCUT2D eigenvalue weighted by atomic mass is 32.2. The van der Waals surface area contributed by atoms with Crippen molar-refractivity contribution in [3.05, 3.63) is 78.1 Å². The highest BCUT2D eigenvalue weighted by molar-refractivity contribution is 7.99. The fraction of sp³-hybridized carbons (Fsp3) is 0.238. The number of benzene rings is 2. The molecule has 3 aromatic rings. The summed E-state index contributed by atoms with van der Waals surface area (Å²) >= 11 is 1.62. The van der Waals surface area contributed by atoms with Crippen LogP contribution < -0.4 is 10.1 Å². The molecule has 1 N–H and O–H groups in total. The minimum Gasteiger partial charge on any atom is -0.497 e. The molecule has 6 heteroatoms. The molecular weight excluding hydrogens is 358 g/mol. The first-order valence-electron chi connectivity index (χ1n) is 8.81. The molecule has 1 amide bonds. The van der Waals surface area contributed by atoms with Crippen molar-refractivity contribution in [3.63, 3.8) is 0 Å². The van der Waals surface area contributed by atoms with E-state index in [4.69, 9.17) is 4.74 Å². The van der Waals surface area contributed by atoms with Gasteiger partial charge in [-0.2, -0.15) is 5.10 Å². The molecule has 0 aliphatic heterocycles. The third-order valence-electron chi connectivity index (χ3n) is 4.10. The van der Waals surface area contributed by atoms with E-state index in [9.17, 15) is 4.79 Å². The minimum absolute atomic E-state index is 0.0710. The summed E-state index contributed by atoms with van der Waals surface area (Å²) in [6.07, 6.45) is 4.49. The molecular formula is C21H23N3O2S. The number of nitrogens with zero attached hydrogens (tertiary/aromatic N) is 2. The van der Waals surface area contributed by atoms with Crippen molar-refractivity contribution in [1.82, 2.24) is 15.1 Å². The second kappa shape index (κ2) is 9.83. The van der Waals surface area contributed by atoms with Gasteiger partial charge in [0.1, 0.15) is 5.75 Å². The van der Waals surface area contributed by atoms with Gasteiger partial charge in [0.25, 0.3) is 0 Å². The van der Waals surface area contributed by atoms with Gasteiger partial charge in [-0.3, -0.25) is 4.79 Å². The molecule has 0 radical (unpaired) electrons. The monoisotopic (exact) mass is 381 g/mol. The first kappa shape index (κ1) is 19.0. The predicted molar refractivity (Wildman–Crippen MR) is 109 cm³/mol. The molecule has 140 valence electrons. The average molecular weight is 382 g/mol. The number of nitrogens with one attached hydrogen (secondary N) is 1. The van der Waals surface area contributed by atoms with E-state index in [2.05, 4.69) is 22.5 Å². The first-order valence-corrected chi connectivity index (χ1v) is 9.96. The second-order valence-electron chi connectivity index (χ2n) is 6.06. The maximum Gasteiger partial charge on any atom is 0.230 e. The Hall–Kier alpha value is -2.73. The predicted octanol–water partition coefficient (Wildman–Crippen LogP) is 3.47. The van der Waals surface area contributed by atoms with Crippen molar-refractivity contribution >= 4 is 17.7 Å². The molecule has 5 nitrogen and oxygen atoms in total. The topological polar surface area (TPSA) is 56.1 Å². The SMILES string of the molecule is COc1ccc(CCNC(=O)CSCc2ccc(-n3cccn3)cc2)cc1. The normalized spacial score (nSPS) is 10.6. The Bertz CT molecular complexity index is 831. The van der Waals surface area contributed by atoms with Crippen molar-refractivity contribution < 1.29 is 9.53 Å². The third kappa shape index (κ3) is 5.89. The van der Waals surface area contributed by atoms with Crippen LogP contribution in [0.2, 0.25) is 0 Å². The number of ether oxygens (including phenoxy) is 1. The molecule has 0 spiro atoms. The van der Waals surface area contributed by atoms with Crippen LogP contribution in [0.1, 0.15) is 11.1 Å². The number of thioether (sulfide) groups is 1. The van der Waals surface area contributed by atoms with Crippen LogP contribution in [0.4, 0.5) is 0 Å². The minimum atomic E-state index is 0.0710. The quantitative estimate of drug-likeness (QED) is 0.617. The van der Waals surface area contributed by atoms with Gasteiger partial charge in [0.2, 0.25) is 5.91 Å². The van der Waals surface area contributed by atoms with Crippen LogP contribution in [-0.2, 0) is 17.0 Å². The van der Waals surface area contributed by atoms with E-state index in [1.807, 2.05) is 53.3 Å². The molecule has 1 heterocycles. The number of carbonyl (C=O) groups excluding carboxylic acids is 1. The zero-order valence-electron chi connectivity index (χ0n) is 15.3. The Balaban J connectivity index is 1.34. The summed E-state index contributed by atoms with van der Waals surface area (Å²) in [6, 6.07) is 18.0. The summed E-state index contributed by atoms with van der Waals surface area (Å²) in [5.41, 5.74) is 3.41. The highest BCUT2D eigenvalue weighted by Crippen LogP contribution is 2.15. The van der Waals surface area contributed by atoms with Gasteiger partial charge in [0.15, 0.2) is 0 Å². The van der Waals surface area contributed by atoms with E-state index < -0.39 is 0 Å². The Morgan fingerprint density at radius 3 is 2.52 bits per heavy atom. The Morgan fingerprint density at radius 2 is 1.85 bits per heavy atom. The molecule has 0 unspecified atom stereocenters. The van der Waals surface area contributed by atoms with Gasteiger partial charge in [-0.15, -0.1) is 11.8 Å². The van der Waals surface area contributed by atoms with Crippen LogP contribution in [0.15, 0.2) is 67.0 Å². The zero-order chi connectivity index (χ0) is 18.9. The van der Waals surface area contributed by atoms with Gasteiger partial charge in [-0.05, 0) is 47.9 Å². The van der Waals surface area contributed by atoms with Crippen LogP contribution in [0, 0.1) is 0 Å². The Labute approximate surface area is 163 Å². The van der Waals surface area contributed by atoms with Crippen molar-refractivity contribution in [2.24, 2.45) is 0 Å². The summed E-state index contributed by atoms with van der Waals surface area (Å²) in [7, 11) is 1.65. The van der Waals surface area contributed by atoms with Gasteiger partial charge >= 0.3 is 0 Å². The van der Waals surface area contributed by atoms with E-state index in [0.717, 1.165) is 23.6 Å². The number of hydrogen-bond acceptors (Lipinski definition) is 4. The summed E-state index contributed by atoms with van der Waals surface area (Å²) in [5.74, 6) is 2.19. The Morgan fingerprint density at radius 1 is 1.11 bits per heavy atom. The number of hydrogen-bond donors (Lipinski definition) is 1. The fourth-order valence-electron chi connectivity index (χ4n) is 2.62. The van der Waals surface area contributed by atoms with Crippen LogP contribution in [0.3, 0.4) is 0 Å². The molecule has 3 rings (SSSR count). The molecule has 0 saturated carbocycles. The lowest BCUT2D eigenvalue weighted by Crippen LogP contribution is -2.27. The molecule has 0 atom stereocenters. The summed E-state index contributed by atoms with van der Waals surface area (Å²) in [5, 5.41) is 7.18. The number of aromatic nitrogens is 2. The van der Waals surface area contributed by atoms with Crippen molar-refractivity contribution in [1.29, 1.82) is 0 Å². The maximum absolute atomic E-state index is 12.0. The molecule has 27 heavy (non-hydrogen) atoms. The molecule has 0 aliphatic carbocycles. The number of amides is 1. The maximum atomic E-state index is 12.0. The molecule has 0 bridgehead atoms. The van der Waals surface area contributed by atoms with Gasteiger partial charge < -0.3 is 10.1 Å². The summed E-state index contributed by atoms with van der Waals surface area (Å²) in [4.78, 5) is 12.0. The van der Waals surface area contributed by atoms with Gasteiger partial charge in [0, 0.05) is 24.7 Å². The molecule has 1 aromatic heterocycles. The van der Waals surface area contributed by atoms with Crippen molar-refractivity contribution in [2.45, 2.75) is 12.2 Å². The van der Waals surface area contributed by atoms with Gasteiger partial charge in [-0.25, -0.2) is 4.68 Å². The van der Waals surface area contributed by atoms with Crippen molar-refractivity contribution in [3.8, 4) is 11.4 Å². The molecule has 0 fully saturated rings. The summed E-state index contributed by atoms with van der Waals surface area (Å²) in [6.45, 7) is 0.643. The third-order valence-corrected chi connectivity index (χ3v) is 5.11. The summed E-state index contributed by atoms with van der Waals surface area (Å²) < 4.78 is 6.97. The molecule has 0 saturated heterocycles. The van der Waals surface area contributed by atoms with E-state index in [-0.39, 0.29) is 5.91 Å². The van der Waals surface area contributed by atoms with Gasteiger partial charge in [0.05, 0.1) is 18.6 Å². The fourth-order valence-corrected chi connectivity index (χ4v) is 3.44. The standard InChI is InChI=1S/C21H23N3O2S/c1-26-20-9-5-17(6-10-20)11-13-22-21(25)16-27-15-18-3-7-19(8-4-18)24-14-2-12-23-24/h2-10,12,14H,11,13,15-16H2,1H3,(H,22,25). The van der Waals surface area contributed by atoms with E-state index in [1.165, 1.54) is 11.1 Å². The van der Waals surface area contributed by atoms with Crippen LogP contribution in [-0.4, -0.2) is 35.1 Å². The van der Waals surface area contributed by atoms with Crippen LogP contribution >= 0.6 is 11.8 Å². The van der Waals surface area contributed by atoms with E-state index >= 15 is 0 Å². The number of methoxy groups -OCH3 is 1. The Kier molecular flexibility index (Phi) is 6.93. The van der Waals surface area contributed by atoms with Crippen LogP contribution in [0.25, 0.3) is 5.69 Å². The lowest BCUT2D eigenvalue weighted by Gasteiger charge is -2.07. The molecule has 0 aliphatic rings. The number of rotatable bonds is 9. The second-order valence-corrected chi connectivity index (χ2v) is 7.04. The average Bonchev–Trinajstić information content (AvgIpc) is 3.24. The highest BCUT2D eigenvalue weighted by Gasteiger charge is 2.03. The lowest BCUT2D eigenvalue weighted by molar-refractivity contribution is -0.118. The van der Waals surface area contributed by atoms with Crippen LogP contribution in [0.5, 0.6) is 5.75 Å². The van der Waals surface area contributed by atoms with E-state index in [1.54, 1.807) is 25.1 Å². The van der Waals surface area contributed by atoms with Crippen molar-refractivity contribution in [2.75, 3.05) is 19.4 Å². The van der Waals surface area contributed by atoms with Gasteiger partial charge in [-0.1, -0.05) is 24.3 Å². The first-order chi connectivity index (χ1) is 13.2. The molecule has 2 aromatic carbocycles. The zero-order valence-corrected chi connectivity index (χ0v) is 16.1. The number of carbonyl (C=O) groups is 1.